The van der Waals surface area contributed by atoms with Gasteiger partial charge >= 0.3 is 0 Å². The van der Waals surface area contributed by atoms with E-state index in [1.54, 1.807) is 11.3 Å². The lowest BCUT2D eigenvalue weighted by molar-refractivity contribution is 0.788. The number of aryl methyl sites for hydroxylation is 2. The van der Waals surface area contributed by atoms with Crippen LogP contribution in [-0.2, 0) is 13.5 Å². The Bertz CT molecular complexity index is 1000. The average molecular weight is 349 g/mol. The maximum atomic E-state index is 4.66. The Morgan fingerprint density at radius 1 is 1.16 bits per heavy atom. The molecule has 0 spiro atoms. The van der Waals surface area contributed by atoms with E-state index in [0.717, 1.165) is 40.6 Å². The van der Waals surface area contributed by atoms with Crippen molar-refractivity contribution in [3.8, 4) is 11.1 Å². The van der Waals surface area contributed by atoms with Crippen molar-refractivity contribution in [3.05, 3.63) is 59.8 Å². The summed E-state index contributed by atoms with van der Waals surface area (Å²) in [6.45, 7) is 2.71. The van der Waals surface area contributed by atoms with E-state index in [1.807, 2.05) is 37.0 Å². The molecule has 126 valence electrons. The van der Waals surface area contributed by atoms with Gasteiger partial charge in [0.05, 0.1) is 5.39 Å². The van der Waals surface area contributed by atoms with Crippen LogP contribution in [0.4, 0.5) is 5.82 Å². The van der Waals surface area contributed by atoms with Gasteiger partial charge in [0.2, 0.25) is 0 Å². The van der Waals surface area contributed by atoms with Gasteiger partial charge in [-0.25, -0.2) is 15.0 Å². The fourth-order valence-electron chi connectivity index (χ4n) is 2.94. The van der Waals surface area contributed by atoms with Crippen molar-refractivity contribution in [3.63, 3.8) is 0 Å². The lowest BCUT2D eigenvalue weighted by Gasteiger charge is -2.10. The van der Waals surface area contributed by atoms with Crippen LogP contribution >= 0.6 is 11.3 Å². The van der Waals surface area contributed by atoms with E-state index >= 15 is 0 Å². The summed E-state index contributed by atoms with van der Waals surface area (Å²) in [6.07, 6.45) is 4.64. The minimum Gasteiger partial charge on any atom is -0.369 e. The summed E-state index contributed by atoms with van der Waals surface area (Å²) in [5.74, 6) is 2.74. The van der Waals surface area contributed by atoms with Crippen molar-refractivity contribution in [2.75, 3.05) is 11.9 Å². The number of anilines is 1. The molecule has 0 aliphatic carbocycles. The number of aromatic nitrogens is 4. The van der Waals surface area contributed by atoms with Gasteiger partial charge in [0.1, 0.15) is 22.3 Å². The molecule has 0 saturated carbocycles. The van der Waals surface area contributed by atoms with Crippen LogP contribution in [0.5, 0.6) is 0 Å². The first-order chi connectivity index (χ1) is 12.2. The van der Waals surface area contributed by atoms with Gasteiger partial charge in [-0.05, 0) is 12.5 Å². The average Bonchev–Trinajstić information content (AvgIpc) is 3.22. The Morgan fingerprint density at radius 3 is 2.76 bits per heavy atom. The molecule has 4 aromatic rings. The number of imidazole rings is 1. The second-order valence-corrected chi connectivity index (χ2v) is 6.80. The Labute approximate surface area is 150 Å². The third-order valence-electron chi connectivity index (χ3n) is 4.19. The summed E-state index contributed by atoms with van der Waals surface area (Å²) in [6, 6.07) is 10.4. The van der Waals surface area contributed by atoms with E-state index in [9.17, 15) is 0 Å². The summed E-state index contributed by atoms with van der Waals surface area (Å²) in [5, 5.41) is 6.76. The van der Waals surface area contributed by atoms with Gasteiger partial charge in [0.15, 0.2) is 0 Å². The highest BCUT2D eigenvalue weighted by atomic mass is 32.1. The Hall–Kier alpha value is -2.73. The van der Waals surface area contributed by atoms with Gasteiger partial charge in [-0.3, -0.25) is 0 Å². The molecule has 0 radical (unpaired) electrons. The number of rotatable bonds is 5. The summed E-state index contributed by atoms with van der Waals surface area (Å²) in [7, 11) is 2.02. The number of hydrogen-bond donors (Lipinski definition) is 1. The minimum absolute atomic E-state index is 0.778. The van der Waals surface area contributed by atoms with Crippen LogP contribution in [0.1, 0.15) is 11.6 Å². The highest BCUT2D eigenvalue weighted by Gasteiger charge is 2.14. The first kappa shape index (κ1) is 15.8. The van der Waals surface area contributed by atoms with Crippen molar-refractivity contribution < 1.29 is 0 Å². The molecule has 6 heteroatoms. The zero-order valence-corrected chi connectivity index (χ0v) is 15.0. The summed E-state index contributed by atoms with van der Waals surface area (Å²) in [5.41, 5.74) is 2.37. The zero-order chi connectivity index (χ0) is 17.2. The molecule has 0 aliphatic heterocycles. The molecule has 25 heavy (non-hydrogen) atoms. The number of nitrogens with zero attached hydrogens (tertiary/aromatic N) is 4. The van der Waals surface area contributed by atoms with E-state index in [0.29, 0.717) is 0 Å². The number of fused-ring (bicyclic) bond motifs is 1. The predicted octanol–water partition coefficient (Wildman–Crippen LogP) is 4.05. The van der Waals surface area contributed by atoms with E-state index in [4.69, 9.17) is 0 Å². The quantitative estimate of drug-likeness (QED) is 0.590. The molecule has 0 fully saturated rings. The van der Waals surface area contributed by atoms with Gasteiger partial charge in [-0.15, -0.1) is 11.3 Å². The van der Waals surface area contributed by atoms with Crippen LogP contribution in [0.3, 0.4) is 0 Å². The Balaban J connectivity index is 1.67. The van der Waals surface area contributed by atoms with Gasteiger partial charge in [-0.2, -0.15) is 0 Å². The highest BCUT2D eigenvalue weighted by molar-refractivity contribution is 7.17. The number of hydrogen-bond acceptors (Lipinski definition) is 5. The van der Waals surface area contributed by atoms with E-state index in [2.05, 4.69) is 49.9 Å². The van der Waals surface area contributed by atoms with E-state index in [-0.39, 0.29) is 0 Å². The first-order valence-corrected chi connectivity index (χ1v) is 9.11. The third kappa shape index (κ3) is 3.13. The first-order valence-electron chi connectivity index (χ1n) is 8.23. The normalized spacial score (nSPS) is 11.1. The fourth-order valence-corrected chi connectivity index (χ4v) is 3.93. The molecule has 1 N–H and O–H groups in total. The van der Waals surface area contributed by atoms with Gasteiger partial charge in [0.25, 0.3) is 0 Å². The molecule has 0 saturated heterocycles. The molecule has 0 amide bonds. The predicted molar refractivity (Wildman–Crippen MR) is 103 cm³/mol. The van der Waals surface area contributed by atoms with Crippen molar-refractivity contribution in [2.45, 2.75) is 13.3 Å². The second kappa shape index (κ2) is 6.64. The lowest BCUT2D eigenvalue weighted by Crippen LogP contribution is -2.10. The van der Waals surface area contributed by atoms with Crippen molar-refractivity contribution in [2.24, 2.45) is 7.05 Å². The van der Waals surface area contributed by atoms with E-state index in [1.165, 1.54) is 11.1 Å². The van der Waals surface area contributed by atoms with Crippen LogP contribution in [0.25, 0.3) is 21.3 Å². The van der Waals surface area contributed by atoms with Crippen LogP contribution in [0.15, 0.2) is 48.1 Å². The van der Waals surface area contributed by atoms with Crippen LogP contribution < -0.4 is 5.32 Å². The molecule has 4 rings (SSSR count). The van der Waals surface area contributed by atoms with Crippen molar-refractivity contribution >= 4 is 27.4 Å². The summed E-state index contributed by atoms with van der Waals surface area (Å²) in [4.78, 5) is 14.7. The van der Waals surface area contributed by atoms with Crippen LogP contribution in [-0.4, -0.2) is 26.1 Å². The maximum absolute atomic E-state index is 4.66. The lowest BCUT2D eigenvalue weighted by atomic mass is 10.1. The highest BCUT2D eigenvalue weighted by Crippen LogP contribution is 2.36. The molecule has 0 unspecified atom stereocenters. The van der Waals surface area contributed by atoms with Gasteiger partial charge < -0.3 is 9.88 Å². The zero-order valence-electron chi connectivity index (χ0n) is 14.2. The standard InChI is InChI=1S/C19H19N5S/c1-13-22-18(21-9-8-16-20-10-11-24(16)2)17-15(12-25-19(17)23-13)14-6-4-3-5-7-14/h3-7,10-12H,8-9H2,1-2H3,(H,21,22,23). The SMILES string of the molecule is Cc1nc(NCCc2nccn2C)c2c(-c3ccccc3)csc2n1. The second-order valence-electron chi connectivity index (χ2n) is 5.95. The third-order valence-corrected chi connectivity index (χ3v) is 5.06. The fraction of sp³-hybridized carbons (Fsp3) is 0.211. The molecule has 3 aromatic heterocycles. The van der Waals surface area contributed by atoms with Crippen molar-refractivity contribution in [1.29, 1.82) is 0 Å². The number of benzene rings is 1. The molecular weight excluding hydrogens is 330 g/mol. The van der Waals surface area contributed by atoms with Gasteiger partial charge in [0, 0.05) is 43.4 Å². The van der Waals surface area contributed by atoms with Crippen LogP contribution in [0.2, 0.25) is 0 Å². The molecule has 0 atom stereocenters. The molecule has 3 heterocycles. The van der Waals surface area contributed by atoms with Gasteiger partial charge in [-0.1, -0.05) is 30.3 Å². The summed E-state index contributed by atoms with van der Waals surface area (Å²) < 4.78 is 2.04. The topological polar surface area (TPSA) is 55.6 Å². The molecule has 0 aliphatic rings. The Morgan fingerprint density at radius 2 is 2.00 bits per heavy atom. The Kier molecular flexibility index (Phi) is 4.19. The smallest absolute Gasteiger partial charge is 0.139 e. The minimum atomic E-state index is 0.778. The molecule has 1 aromatic carbocycles. The van der Waals surface area contributed by atoms with Crippen molar-refractivity contribution in [1.82, 2.24) is 19.5 Å². The maximum Gasteiger partial charge on any atom is 0.139 e. The van der Waals surface area contributed by atoms with Crippen LogP contribution in [0, 0.1) is 6.92 Å². The monoisotopic (exact) mass is 349 g/mol. The number of thiophene rings is 1. The molecule has 5 nitrogen and oxygen atoms in total. The molecular formula is C19H19N5S. The van der Waals surface area contributed by atoms with E-state index < -0.39 is 0 Å². The largest absolute Gasteiger partial charge is 0.369 e. The molecule has 0 bridgehead atoms. The number of nitrogens with one attached hydrogen (secondary N) is 1. The summed E-state index contributed by atoms with van der Waals surface area (Å²) >= 11 is 1.66.